The van der Waals surface area contributed by atoms with Crippen molar-refractivity contribution >= 4 is 11.8 Å². The molecule has 2 aliphatic rings. The number of fused-ring (bicyclic) bond motifs is 1. The first kappa shape index (κ1) is 11.3. The fourth-order valence-corrected chi connectivity index (χ4v) is 2.46. The minimum Gasteiger partial charge on any atom is -0.348 e. The Morgan fingerprint density at radius 1 is 1.33 bits per heavy atom. The van der Waals surface area contributed by atoms with Crippen molar-refractivity contribution in [3.63, 3.8) is 0 Å². The molecule has 0 aromatic carbocycles. The summed E-state index contributed by atoms with van der Waals surface area (Å²) >= 11 is 0. The van der Waals surface area contributed by atoms with Crippen molar-refractivity contribution in [2.24, 2.45) is 0 Å². The van der Waals surface area contributed by atoms with Gasteiger partial charge in [-0.1, -0.05) is 0 Å². The number of nitrogens with zero attached hydrogens (tertiary/aromatic N) is 2. The molecule has 18 heavy (non-hydrogen) atoms. The van der Waals surface area contributed by atoms with Crippen LogP contribution in [0.2, 0.25) is 0 Å². The van der Waals surface area contributed by atoms with E-state index < -0.39 is 11.8 Å². The molecule has 1 atom stereocenters. The van der Waals surface area contributed by atoms with Crippen LogP contribution in [-0.4, -0.2) is 33.9 Å². The van der Waals surface area contributed by atoms with Crippen LogP contribution in [-0.2, 0) is 16.1 Å². The van der Waals surface area contributed by atoms with E-state index in [2.05, 4.69) is 9.88 Å². The van der Waals surface area contributed by atoms with Crippen LogP contribution in [0.15, 0.2) is 18.3 Å². The number of amides is 2. The topological polar surface area (TPSA) is 54.3 Å². The fourth-order valence-electron chi connectivity index (χ4n) is 2.46. The molecule has 0 unspecified atom stereocenters. The first-order chi connectivity index (χ1) is 8.66. The predicted molar refractivity (Wildman–Crippen MR) is 65.7 cm³/mol. The molecular weight excluding hydrogens is 230 g/mol. The van der Waals surface area contributed by atoms with E-state index in [0.717, 1.165) is 25.1 Å². The second kappa shape index (κ2) is 4.15. The second-order valence-electron chi connectivity index (χ2n) is 5.05. The highest BCUT2D eigenvalue weighted by atomic mass is 16.2. The quantitative estimate of drug-likeness (QED) is 0.742. The third kappa shape index (κ3) is 1.89. The van der Waals surface area contributed by atoms with Crippen LogP contribution in [0.1, 0.15) is 31.5 Å². The molecule has 0 saturated heterocycles. The maximum absolute atomic E-state index is 12.1. The molecule has 3 rings (SSSR count). The standard InChI is InChI=1S/C13H17N3O2/c1-9-11-3-2-6-15(11)7-8-16(9)13(18)12(17)14-10-4-5-10/h2-3,6,9-10H,4-5,7-8H2,1H3,(H,14,17)/t9-/m1/s1. The van der Waals surface area contributed by atoms with Gasteiger partial charge >= 0.3 is 11.8 Å². The van der Waals surface area contributed by atoms with Gasteiger partial charge in [-0.15, -0.1) is 0 Å². The number of rotatable bonds is 1. The van der Waals surface area contributed by atoms with E-state index in [-0.39, 0.29) is 12.1 Å². The number of nitrogens with one attached hydrogen (secondary N) is 1. The van der Waals surface area contributed by atoms with Crippen LogP contribution in [0.25, 0.3) is 0 Å². The molecule has 1 aliphatic carbocycles. The molecule has 1 aromatic rings. The van der Waals surface area contributed by atoms with Gasteiger partial charge in [0.2, 0.25) is 0 Å². The minimum atomic E-state index is -0.454. The largest absolute Gasteiger partial charge is 0.348 e. The zero-order valence-electron chi connectivity index (χ0n) is 10.4. The maximum Gasteiger partial charge on any atom is 0.312 e. The van der Waals surface area contributed by atoms with Crippen LogP contribution >= 0.6 is 0 Å². The van der Waals surface area contributed by atoms with Gasteiger partial charge in [0.25, 0.3) is 0 Å². The summed E-state index contributed by atoms with van der Waals surface area (Å²) in [5, 5.41) is 2.75. The van der Waals surface area contributed by atoms with Crippen LogP contribution in [0, 0.1) is 0 Å². The lowest BCUT2D eigenvalue weighted by Gasteiger charge is -2.34. The summed E-state index contributed by atoms with van der Waals surface area (Å²) in [6, 6.07) is 4.17. The van der Waals surface area contributed by atoms with Gasteiger partial charge in [-0.2, -0.15) is 0 Å². The fraction of sp³-hybridized carbons (Fsp3) is 0.538. The Hall–Kier alpha value is -1.78. The number of aromatic nitrogens is 1. The van der Waals surface area contributed by atoms with Gasteiger partial charge in [-0.3, -0.25) is 9.59 Å². The summed E-state index contributed by atoms with van der Waals surface area (Å²) in [6.07, 6.45) is 4.01. The maximum atomic E-state index is 12.1. The van der Waals surface area contributed by atoms with Crippen LogP contribution in [0.5, 0.6) is 0 Å². The van der Waals surface area contributed by atoms with E-state index in [0.29, 0.717) is 6.54 Å². The highest BCUT2D eigenvalue weighted by molar-refractivity contribution is 6.35. The first-order valence-corrected chi connectivity index (χ1v) is 6.43. The van der Waals surface area contributed by atoms with Crippen molar-refractivity contribution in [2.45, 2.75) is 38.4 Å². The first-order valence-electron chi connectivity index (χ1n) is 6.43. The average Bonchev–Trinajstić information content (AvgIpc) is 3.03. The van der Waals surface area contributed by atoms with Crippen LogP contribution in [0.3, 0.4) is 0 Å². The van der Waals surface area contributed by atoms with Crippen molar-refractivity contribution in [3.8, 4) is 0 Å². The Bertz CT molecular complexity index is 490. The Labute approximate surface area is 106 Å². The Morgan fingerprint density at radius 3 is 2.83 bits per heavy atom. The van der Waals surface area contributed by atoms with E-state index in [1.54, 1.807) is 4.90 Å². The van der Waals surface area contributed by atoms with Crippen molar-refractivity contribution in [2.75, 3.05) is 6.54 Å². The van der Waals surface area contributed by atoms with Gasteiger partial charge in [0.05, 0.1) is 6.04 Å². The molecule has 1 N–H and O–H groups in total. The Balaban J connectivity index is 1.73. The molecule has 1 fully saturated rings. The molecule has 2 heterocycles. The average molecular weight is 247 g/mol. The molecule has 1 aliphatic heterocycles. The molecular formula is C13H17N3O2. The van der Waals surface area contributed by atoms with Crippen LogP contribution < -0.4 is 5.32 Å². The van der Waals surface area contributed by atoms with E-state index in [9.17, 15) is 9.59 Å². The molecule has 0 radical (unpaired) electrons. The summed E-state index contributed by atoms with van der Waals surface area (Å²) in [7, 11) is 0. The molecule has 1 aromatic heterocycles. The minimum absolute atomic E-state index is 0.0359. The number of hydrogen-bond acceptors (Lipinski definition) is 2. The third-order valence-corrected chi connectivity index (χ3v) is 3.71. The van der Waals surface area contributed by atoms with Gasteiger partial charge in [0.15, 0.2) is 0 Å². The summed E-state index contributed by atoms with van der Waals surface area (Å²) < 4.78 is 2.13. The lowest BCUT2D eigenvalue weighted by molar-refractivity contribution is -0.148. The number of carbonyl (C=O) groups is 2. The van der Waals surface area contributed by atoms with Crippen molar-refractivity contribution in [3.05, 3.63) is 24.0 Å². The van der Waals surface area contributed by atoms with Crippen molar-refractivity contribution in [1.29, 1.82) is 0 Å². The van der Waals surface area contributed by atoms with Crippen molar-refractivity contribution < 1.29 is 9.59 Å². The van der Waals surface area contributed by atoms with E-state index >= 15 is 0 Å². The van der Waals surface area contributed by atoms with Gasteiger partial charge < -0.3 is 14.8 Å². The summed E-state index contributed by atoms with van der Waals surface area (Å²) in [5.41, 5.74) is 1.09. The van der Waals surface area contributed by atoms with Gasteiger partial charge in [0.1, 0.15) is 0 Å². The summed E-state index contributed by atoms with van der Waals surface area (Å²) in [6.45, 7) is 3.32. The third-order valence-electron chi connectivity index (χ3n) is 3.71. The molecule has 1 saturated carbocycles. The lowest BCUT2D eigenvalue weighted by atomic mass is 10.1. The highest BCUT2D eigenvalue weighted by Gasteiger charge is 2.33. The van der Waals surface area contributed by atoms with E-state index in [1.807, 2.05) is 25.3 Å². The van der Waals surface area contributed by atoms with E-state index in [1.165, 1.54) is 0 Å². The van der Waals surface area contributed by atoms with Gasteiger partial charge in [-0.25, -0.2) is 0 Å². The van der Waals surface area contributed by atoms with E-state index in [4.69, 9.17) is 0 Å². The van der Waals surface area contributed by atoms with Gasteiger partial charge in [0, 0.05) is 31.0 Å². The van der Waals surface area contributed by atoms with Gasteiger partial charge in [-0.05, 0) is 31.9 Å². The molecule has 5 nitrogen and oxygen atoms in total. The smallest absolute Gasteiger partial charge is 0.312 e. The molecule has 96 valence electrons. The zero-order chi connectivity index (χ0) is 12.7. The molecule has 2 amide bonds. The predicted octanol–water partition coefficient (Wildman–Crippen LogP) is 0.670. The molecule has 5 heteroatoms. The molecule has 0 bridgehead atoms. The monoisotopic (exact) mass is 247 g/mol. The Kier molecular flexibility index (Phi) is 2.61. The molecule has 0 spiro atoms. The number of hydrogen-bond donors (Lipinski definition) is 1. The lowest BCUT2D eigenvalue weighted by Crippen LogP contribution is -2.48. The summed E-state index contributed by atoms with van der Waals surface area (Å²) in [4.78, 5) is 25.5. The zero-order valence-corrected chi connectivity index (χ0v) is 10.4. The SMILES string of the molecule is C[C@@H]1c2cccn2CCN1C(=O)C(=O)NC1CC1. The Morgan fingerprint density at radius 2 is 2.11 bits per heavy atom. The van der Waals surface area contributed by atoms with Crippen LogP contribution in [0.4, 0.5) is 0 Å². The number of carbonyl (C=O) groups excluding carboxylic acids is 2. The second-order valence-corrected chi connectivity index (χ2v) is 5.05. The summed E-state index contributed by atoms with van der Waals surface area (Å²) in [5.74, 6) is -0.855. The normalized spacial score (nSPS) is 22.5. The van der Waals surface area contributed by atoms with Crippen molar-refractivity contribution in [1.82, 2.24) is 14.8 Å². The highest BCUT2D eigenvalue weighted by Crippen LogP contribution is 2.25.